The number of carbonyl (C=O) groups excluding carboxylic acids is 2. The Morgan fingerprint density at radius 3 is 1.44 bits per heavy atom. The van der Waals surface area contributed by atoms with Crippen molar-refractivity contribution in [2.45, 2.75) is 228 Å². The van der Waals surface area contributed by atoms with E-state index in [-0.39, 0.29) is 44.8 Å². The molecule has 0 N–H and O–H groups in total. The topological polar surface area (TPSA) is 68.3 Å². The van der Waals surface area contributed by atoms with Crippen LogP contribution in [0.15, 0.2) is 0 Å². The Kier molecular flexibility index (Phi) is 21.9. The molecule has 0 aliphatic carbocycles. The van der Waals surface area contributed by atoms with E-state index in [1.54, 1.807) is 4.90 Å². The molecule has 0 aromatic rings. The number of hydrogen-bond donors (Lipinski definition) is 0. The predicted molar refractivity (Wildman–Crippen MR) is 219 cm³/mol. The third kappa shape index (κ3) is 16.4. The van der Waals surface area contributed by atoms with Gasteiger partial charge in [-0.05, 0) is 0 Å². The predicted octanol–water partition coefficient (Wildman–Crippen LogP) is 12.4. The Morgan fingerprint density at radius 2 is 1.08 bits per heavy atom. The van der Waals surface area contributed by atoms with E-state index in [4.69, 9.17) is 13.9 Å². The Balaban J connectivity index is 7.03. The van der Waals surface area contributed by atoms with E-state index in [0.29, 0.717) is 6.42 Å². The summed E-state index contributed by atoms with van der Waals surface area (Å²) in [6.07, 6.45) is 10.3. The van der Waals surface area contributed by atoms with E-state index in [2.05, 4.69) is 108 Å². The molecule has 7 nitrogen and oxygen atoms in total. The molecule has 0 fully saturated rings. The molecule has 0 aliphatic rings. The van der Waals surface area contributed by atoms with Crippen molar-refractivity contribution in [1.29, 1.82) is 0 Å². The molecule has 0 radical (unpaired) electrons. The van der Waals surface area contributed by atoms with Crippen molar-refractivity contribution in [2.75, 3.05) is 0 Å². The molecule has 50 heavy (non-hydrogen) atoms. The van der Waals surface area contributed by atoms with Gasteiger partial charge in [0.2, 0.25) is 0 Å². The molecule has 2 atom stereocenters. The number of unbranched alkanes of at least 4 members (excludes halogenated alkanes) is 3. The summed E-state index contributed by atoms with van der Waals surface area (Å²) in [6.45, 7) is 38.9. The van der Waals surface area contributed by atoms with E-state index in [1.807, 2.05) is 32.6 Å². The van der Waals surface area contributed by atoms with Crippen molar-refractivity contribution in [3.8, 4) is 12.0 Å². The summed E-state index contributed by atoms with van der Waals surface area (Å²) in [7, 11) is -2.23. The quantitative estimate of drug-likeness (QED) is 0.0851. The number of rotatable bonds is 21. The van der Waals surface area contributed by atoms with Gasteiger partial charge in [-0.25, -0.2) is 0 Å². The van der Waals surface area contributed by atoms with Gasteiger partial charge in [-0.2, -0.15) is 0 Å². The second kappa shape index (κ2) is 22.3. The van der Waals surface area contributed by atoms with Gasteiger partial charge in [0, 0.05) is 0 Å². The first-order chi connectivity index (χ1) is 22.9. The monoisotopic (exact) mass is 831 g/mol. The molecule has 9 heteroatoms. The summed E-state index contributed by atoms with van der Waals surface area (Å²) >= 11 is -3.11. The summed E-state index contributed by atoms with van der Waals surface area (Å²) in [6, 6.07) is 0.129. The van der Waals surface area contributed by atoms with Crippen molar-refractivity contribution in [2.24, 2.45) is 5.41 Å². The normalized spacial score (nSPS) is 14.1. The number of carbonyl (C=O) groups is 2. The van der Waals surface area contributed by atoms with Crippen molar-refractivity contribution in [3.05, 3.63) is 0 Å². The average Bonchev–Trinajstić information content (AvgIpc) is 2.94. The number of hydrogen-bond acceptors (Lipinski definition) is 5. The second-order valence-electron chi connectivity index (χ2n) is 18.3. The summed E-state index contributed by atoms with van der Waals surface area (Å²) in [4.78, 5) is 30.8. The fraction of sp³-hybridized carbons (Fsp3) is 0.902. The standard InChI is InChI=1S/C29H55N2O5Si.3C4H9.Sn/c1-21(2)30(22(3)4)26(32)34-18-16-25(36-37(14,15)28(9,10)11)20-29(12,13)17-19-35-27(33)31(23(5)6)24(7)8;3*1-3-4-2;/h19,21-25H,17,20H2,1-15H3;3*1,3-4H2,2H3;/t25-;;;;/m1..../s1. The van der Waals surface area contributed by atoms with Crippen LogP contribution in [0.2, 0.25) is 31.4 Å². The summed E-state index contributed by atoms with van der Waals surface area (Å²) in [5, 5.41) is -0.0128. The molecule has 0 aromatic heterocycles. The maximum atomic E-state index is 14.1. The minimum absolute atomic E-state index is 0.00385. The van der Waals surface area contributed by atoms with Crippen LogP contribution in [0.1, 0.15) is 162 Å². The van der Waals surface area contributed by atoms with E-state index in [1.165, 1.54) is 32.6 Å². The summed E-state index contributed by atoms with van der Waals surface area (Å²) in [5.41, 5.74) is -0.244. The van der Waals surface area contributed by atoms with E-state index in [0.717, 1.165) is 25.7 Å². The van der Waals surface area contributed by atoms with E-state index < -0.39 is 38.9 Å². The van der Waals surface area contributed by atoms with Gasteiger partial charge in [0.05, 0.1) is 0 Å². The van der Waals surface area contributed by atoms with Gasteiger partial charge in [-0.15, -0.1) is 0 Å². The van der Waals surface area contributed by atoms with Gasteiger partial charge in [0.1, 0.15) is 0 Å². The Morgan fingerprint density at radius 1 is 0.680 bits per heavy atom. The number of amides is 2. The number of nitrogens with zero attached hydrogens (tertiary/aromatic N) is 2. The van der Waals surface area contributed by atoms with E-state index in [9.17, 15) is 9.59 Å². The van der Waals surface area contributed by atoms with Gasteiger partial charge in [0.25, 0.3) is 0 Å². The summed E-state index contributed by atoms with van der Waals surface area (Å²) in [5.74, 6) is 3.27. The average molecular weight is 830 g/mol. The van der Waals surface area contributed by atoms with Gasteiger partial charge in [0.15, 0.2) is 0 Å². The second-order valence-corrected chi connectivity index (χ2v) is 36.9. The van der Waals surface area contributed by atoms with Crippen molar-refractivity contribution >= 4 is 38.9 Å². The molecule has 0 heterocycles. The van der Waals surface area contributed by atoms with Gasteiger partial charge < -0.3 is 0 Å². The first-order valence-corrected chi connectivity index (χ1v) is 30.7. The van der Waals surface area contributed by atoms with Crippen LogP contribution < -0.4 is 0 Å². The van der Waals surface area contributed by atoms with Gasteiger partial charge in [-0.3, -0.25) is 0 Å². The zero-order chi connectivity index (χ0) is 39.1. The molecule has 0 saturated heterocycles. The van der Waals surface area contributed by atoms with Crippen molar-refractivity contribution in [1.82, 2.24) is 9.80 Å². The molecular weight excluding hydrogens is 747 g/mol. The fourth-order valence-corrected chi connectivity index (χ4v) is 26.0. The molecular formula is C41H82N2O5SiSn. The third-order valence-corrected chi connectivity index (χ3v) is 31.6. The Bertz CT molecular complexity index is 1020. The van der Waals surface area contributed by atoms with Crippen LogP contribution in [-0.2, 0) is 13.9 Å². The van der Waals surface area contributed by atoms with Crippen LogP contribution in [0.4, 0.5) is 9.59 Å². The molecule has 0 saturated carbocycles. The molecule has 0 aliphatic heterocycles. The number of ether oxygens (including phenoxy) is 2. The third-order valence-electron chi connectivity index (χ3n) is 10.7. The van der Waals surface area contributed by atoms with Crippen molar-refractivity contribution in [3.63, 3.8) is 0 Å². The molecule has 294 valence electrons. The fourth-order valence-electron chi connectivity index (χ4n) is 6.98. The molecule has 0 spiro atoms. The molecule has 0 bridgehead atoms. The molecule has 0 unspecified atom stereocenters. The Labute approximate surface area is 316 Å². The Hall–Kier alpha value is -0.924. The zero-order valence-electron chi connectivity index (χ0n) is 36.2. The van der Waals surface area contributed by atoms with Crippen LogP contribution in [0.3, 0.4) is 0 Å². The van der Waals surface area contributed by atoms with E-state index >= 15 is 0 Å². The van der Waals surface area contributed by atoms with Crippen LogP contribution in [0.5, 0.6) is 0 Å². The first kappa shape index (κ1) is 49.1. The first-order valence-electron chi connectivity index (χ1n) is 20.1. The van der Waals surface area contributed by atoms with Gasteiger partial charge in [-0.1, -0.05) is 0 Å². The van der Waals surface area contributed by atoms with Gasteiger partial charge >= 0.3 is 318 Å². The molecule has 0 aromatic carbocycles. The van der Waals surface area contributed by atoms with Crippen LogP contribution in [0.25, 0.3) is 0 Å². The molecule has 2 amide bonds. The van der Waals surface area contributed by atoms with Crippen LogP contribution >= 0.6 is 0 Å². The maximum absolute atomic E-state index is 14.1. The van der Waals surface area contributed by atoms with Crippen molar-refractivity contribution < 1.29 is 23.5 Å². The minimum atomic E-state index is -3.11. The van der Waals surface area contributed by atoms with Crippen LogP contribution in [0, 0.1) is 17.4 Å². The zero-order valence-corrected chi connectivity index (χ0v) is 40.0. The summed E-state index contributed by atoms with van der Waals surface area (Å²) < 4.78 is 23.2. The van der Waals surface area contributed by atoms with Crippen LogP contribution in [-0.4, -0.2) is 83.1 Å². The SMILES string of the molecule is CCC[CH2][Sn]([CH2]CCC)([CH2]CCC)[C@@H](CC(C)(C)C[C@@H](C#COC(=O)N(C(C)C)C(C)C)O[Si](C)(C)C(C)(C)C)OC(=O)N(C(C)C)C(C)C. The molecule has 0 rings (SSSR count).